The Bertz CT molecular complexity index is 1560. The summed E-state index contributed by atoms with van der Waals surface area (Å²) < 4.78 is 41.0. The summed E-state index contributed by atoms with van der Waals surface area (Å²) in [6, 6.07) is 18.9. The molecule has 8 nitrogen and oxygen atoms in total. The summed E-state index contributed by atoms with van der Waals surface area (Å²) in [4.78, 5) is 17.9. The van der Waals surface area contributed by atoms with E-state index in [4.69, 9.17) is 9.47 Å². The standard InChI is InChI=1S/C26H27N3O5S2/c1-5-29-24-22(34-4)15-20(33-3)16-23(24)35-26(29)27-25(30)19-11-13-21(14-12-19)36(31,32)28(2)17-18-9-7-6-8-10-18/h6-16H,5,17H2,1-4H3. The van der Waals surface area contributed by atoms with Gasteiger partial charge in [-0.2, -0.15) is 9.30 Å². The van der Waals surface area contributed by atoms with Crippen LogP contribution in [0.4, 0.5) is 0 Å². The normalized spacial score (nSPS) is 12.3. The van der Waals surface area contributed by atoms with Crippen LogP contribution in [0.5, 0.6) is 11.5 Å². The number of hydrogen-bond donors (Lipinski definition) is 0. The quantitative estimate of drug-likeness (QED) is 0.342. The van der Waals surface area contributed by atoms with Gasteiger partial charge in [-0.25, -0.2) is 8.42 Å². The highest BCUT2D eigenvalue weighted by molar-refractivity contribution is 7.89. The van der Waals surface area contributed by atoms with Gasteiger partial charge in [0.05, 0.1) is 23.8 Å². The van der Waals surface area contributed by atoms with Crippen LogP contribution in [0.2, 0.25) is 0 Å². The minimum absolute atomic E-state index is 0.111. The smallest absolute Gasteiger partial charge is 0.279 e. The molecule has 0 spiro atoms. The van der Waals surface area contributed by atoms with E-state index in [2.05, 4.69) is 4.99 Å². The number of benzene rings is 3. The number of rotatable bonds is 8. The first-order valence-corrected chi connectivity index (χ1v) is 13.5. The maximum absolute atomic E-state index is 13.0. The zero-order valence-electron chi connectivity index (χ0n) is 20.5. The van der Waals surface area contributed by atoms with Gasteiger partial charge in [-0.1, -0.05) is 41.7 Å². The van der Waals surface area contributed by atoms with Gasteiger partial charge in [0.2, 0.25) is 10.0 Å². The molecule has 0 unspecified atom stereocenters. The molecule has 0 fully saturated rings. The Hall–Kier alpha value is -3.47. The fraction of sp³-hybridized carbons (Fsp3) is 0.231. The van der Waals surface area contributed by atoms with E-state index in [0.717, 1.165) is 15.8 Å². The van der Waals surface area contributed by atoms with Crippen molar-refractivity contribution in [1.29, 1.82) is 0 Å². The monoisotopic (exact) mass is 525 g/mol. The third-order valence-corrected chi connectivity index (χ3v) is 8.59. The molecule has 1 aromatic heterocycles. The van der Waals surface area contributed by atoms with Crippen LogP contribution in [0, 0.1) is 0 Å². The van der Waals surface area contributed by atoms with Crippen molar-refractivity contribution in [2.24, 2.45) is 4.99 Å². The molecule has 10 heteroatoms. The van der Waals surface area contributed by atoms with Crippen LogP contribution in [-0.4, -0.2) is 44.5 Å². The number of nitrogens with zero attached hydrogens (tertiary/aromatic N) is 3. The molecular formula is C26H27N3O5S2. The minimum Gasteiger partial charge on any atom is -0.497 e. The van der Waals surface area contributed by atoms with Gasteiger partial charge in [0, 0.05) is 31.8 Å². The number of carbonyl (C=O) groups is 1. The molecular weight excluding hydrogens is 498 g/mol. The first kappa shape index (κ1) is 25.6. The molecule has 1 heterocycles. The van der Waals surface area contributed by atoms with Gasteiger partial charge < -0.3 is 14.0 Å². The molecule has 3 aromatic carbocycles. The van der Waals surface area contributed by atoms with E-state index in [1.54, 1.807) is 20.3 Å². The number of sulfonamides is 1. The lowest BCUT2D eigenvalue weighted by atomic mass is 10.2. The molecule has 0 aliphatic rings. The lowest BCUT2D eigenvalue weighted by molar-refractivity contribution is 0.0997. The van der Waals surface area contributed by atoms with Gasteiger partial charge in [0.15, 0.2) is 4.80 Å². The van der Waals surface area contributed by atoms with Crippen LogP contribution in [0.1, 0.15) is 22.8 Å². The molecule has 0 aliphatic carbocycles. The Morgan fingerprint density at radius 2 is 1.72 bits per heavy atom. The number of methoxy groups -OCH3 is 2. The van der Waals surface area contributed by atoms with Crippen LogP contribution in [0.3, 0.4) is 0 Å². The Balaban J connectivity index is 1.63. The van der Waals surface area contributed by atoms with Crippen molar-refractivity contribution < 1.29 is 22.7 Å². The van der Waals surface area contributed by atoms with Crippen LogP contribution in [-0.2, 0) is 23.1 Å². The molecule has 0 radical (unpaired) electrons. The van der Waals surface area contributed by atoms with Gasteiger partial charge in [-0.15, -0.1) is 0 Å². The highest BCUT2D eigenvalue weighted by atomic mass is 32.2. The van der Waals surface area contributed by atoms with E-state index in [-0.39, 0.29) is 11.4 Å². The molecule has 4 rings (SSSR count). The maximum Gasteiger partial charge on any atom is 0.279 e. The maximum atomic E-state index is 13.0. The fourth-order valence-electron chi connectivity index (χ4n) is 3.83. The average Bonchev–Trinajstić information content (AvgIpc) is 3.25. The van der Waals surface area contributed by atoms with E-state index >= 15 is 0 Å². The third-order valence-electron chi connectivity index (χ3n) is 5.74. The number of amides is 1. The van der Waals surface area contributed by atoms with Gasteiger partial charge >= 0.3 is 0 Å². The zero-order chi connectivity index (χ0) is 25.9. The van der Waals surface area contributed by atoms with Crippen molar-refractivity contribution in [3.63, 3.8) is 0 Å². The largest absolute Gasteiger partial charge is 0.497 e. The summed E-state index contributed by atoms with van der Waals surface area (Å²) in [5.41, 5.74) is 2.01. The Morgan fingerprint density at radius 3 is 2.33 bits per heavy atom. The predicted molar refractivity (Wildman–Crippen MR) is 140 cm³/mol. The zero-order valence-corrected chi connectivity index (χ0v) is 22.1. The summed E-state index contributed by atoms with van der Waals surface area (Å²) in [5.74, 6) is 0.817. The van der Waals surface area contributed by atoms with Gasteiger partial charge in [0.25, 0.3) is 5.91 Å². The van der Waals surface area contributed by atoms with Crippen molar-refractivity contribution in [2.75, 3.05) is 21.3 Å². The van der Waals surface area contributed by atoms with Crippen molar-refractivity contribution in [1.82, 2.24) is 8.87 Å². The lowest BCUT2D eigenvalue weighted by Crippen LogP contribution is -2.26. The highest BCUT2D eigenvalue weighted by Crippen LogP contribution is 2.32. The number of aryl methyl sites for hydroxylation is 1. The SMILES string of the molecule is CCn1c(=NC(=O)c2ccc(S(=O)(=O)N(C)Cc3ccccc3)cc2)sc2cc(OC)cc(OC)c21. The molecule has 0 atom stereocenters. The van der Waals surface area contributed by atoms with Crippen molar-refractivity contribution in [3.05, 3.63) is 82.7 Å². The summed E-state index contributed by atoms with van der Waals surface area (Å²) in [7, 11) is 0.983. The van der Waals surface area contributed by atoms with Crippen molar-refractivity contribution in [3.8, 4) is 11.5 Å². The van der Waals surface area contributed by atoms with Crippen molar-refractivity contribution >= 4 is 37.5 Å². The molecule has 0 N–H and O–H groups in total. The second-order valence-corrected chi connectivity index (χ2v) is 11.0. The molecule has 36 heavy (non-hydrogen) atoms. The molecule has 188 valence electrons. The summed E-state index contributed by atoms with van der Waals surface area (Å²) >= 11 is 1.36. The van der Waals surface area contributed by atoms with E-state index < -0.39 is 15.9 Å². The minimum atomic E-state index is -3.72. The molecule has 0 aliphatic heterocycles. The number of carbonyl (C=O) groups excluding carboxylic acids is 1. The lowest BCUT2D eigenvalue weighted by Gasteiger charge is -2.17. The van der Waals surface area contributed by atoms with Crippen LogP contribution in [0.15, 0.2) is 76.6 Å². The predicted octanol–water partition coefficient (Wildman–Crippen LogP) is 4.30. The van der Waals surface area contributed by atoms with Crippen LogP contribution in [0.25, 0.3) is 10.2 Å². The summed E-state index contributed by atoms with van der Waals surface area (Å²) in [6.45, 7) is 2.79. The van der Waals surface area contributed by atoms with Crippen molar-refractivity contribution in [2.45, 2.75) is 24.9 Å². The van der Waals surface area contributed by atoms with Gasteiger partial charge in [-0.05, 0) is 42.8 Å². The highest BCUT2D eigenvalue weighted by Gasteiger charge is 2.21. The van der Waals surface area contributed by atoms with Gasteiger partial charge in [0.1, 0.15) is 17.0 Å². The molecule has 0 saturated heterocycles. The molecule has 1 amide bonds. The first-order chi connectivity index (χ1) is 17.3. The van der Waals surface area contributed by atoms with Gasteiger partial charge in [-0.3, -0.25) is 4.79 Å². The van der Waals surface area contributed by atoms with E-state index in [9.17, 15) is 13.2 Å². The first-order valence-electron chi connectivity index (χ1n) is 11.2. The van der Waals surface area contributed by atoms with Crippen LogP contribution >= 0.6 is 11.3 Å². The topological polar surface area (TPSA) is 90.2 Å². The molecule has 0 bridgehead atoms. The fourth-order valence-corrected chi connectivity index (χ4v) is 6.12. The number of aromatic nitrogens is 1. The number of fused-ring (bicyclic) bond motifs is 1. The summed E-state index contributed by atoms with van der Waals surface area (Å²) in [6.07, 6.45) is 0. The Morgan fingerprint density at radius 1 is 1.03 bits per heavy atom. The average molecular weight is 526 g/mol. The van der Waals surface area contributed by atoms with E-state index in [1.807, 2.05) is 47.9 Å². The molecule has 0 saturated carbocycles. The van der Waals surface area contributed by atoms with Crippen LogP contribution < -0.4 is 14.3 Å². The second-order valence-electron chi connectivity index (χ2n) is 7.99. The number of thiazole rings is 1. The number of hydrogen-bond acceptors (Lipinski definition) is 6. The molecule has 4 aromatic rings. The Kier molecular flexibility index (Phi) is 7.58. The summed E-state index contributed by atoms with van der Waals surface area (Å²) in [5, 5.41) is 0. The Labute approximate surface area is 214 Å². The second kappa shape index (κ2) is 10.7. The number of ether oxygens (including phenoxy) is 2. The van der Waals surface area contributed by atoms with E-state index in [0.29, 0.717) is 28.4 Å². The van der Waals surface area contributed by atoms with E-state index in [1.165, 1.54) is 47.0 Å². The third kappa shape index (κ3) is 5.06.